The molecule has 0 unspecified atom stereocenters. The normalized spacial score (nSPS) is 12.5. The molecule has 6 aromatic carbocycles. The lowest BCUT2D eigenvalue weighted by atomic mass is 10.1. The van der Waals surface area contributed by atoms with Crippen molar-refractivity contribution in [2.24, 2.45) is 40.9 Å². The fraction of sp³-hybridized carbons (Fsp3) is 0.339. The Hall–Kier alpha value is -9.81. The predicted octanol–water partition coefficient (Wildman–Crippen LogP) is 10.8. The van der Waals surface area contributed by atoms with Crippen molar-refractivity contribution in [2.75, 3.05) is 84.8 Å². The molecule has 6 aromatic rings. The highest BCUT2D eigenvalue weighted by Gasteiger charge is 2.21. The molecule has 10 N–H and O–H groups in total. The molecular formula is C59H68N10O29S6. The van der Waals surface area contributed by atoms with Crippen LogP contribution in [0.1, 0.15) is 68.7 Å². The fourth-order valence-corrected chi connectivity index (χ4v) is 11.1. The second-order valence-corrected chi connectivity index (χ2v) is 31.5. The highest BCUT2D eigenvalue weighted by Crippen LogP contribution is 2.43. The van der Waals surface area contributed by atoms with Gasteiger partial charge in [0.15, 0.2) is 0 Å². The van der Waals surface area contributed by atoms with Gasteiger partial charge in [0.25, 0.3) is 60.7 Å². The van der Waals surface area contributed by atoms with Crippen molar-refractivity contribution in [2.45, 2.75) is 53.4 Å². The zero-order valence-corrected chi connectivity index (χ0v) is 60.0. The summed E-state index contributed by atoms with van der Waals surface area (Å²) in [5.41, 5.74) is 0.740. The van der Waals surface area contributed by atoms with Crippen molar-refractivity contribution < 1.29 is 131 Å². The Balaban J connectivity index is 1.35. The van der Waals surface area contributed by atoms with E-state index in [1.807, 2.05) is 0 Å². The van der Waals surface area contributed by atoms with E-state index in [2.05, 4.69) is 51.5 Å². The average molecular weight is 1570 g/mol. The number of nitrogens with zero attached hydrogens (tertiary/aromatic N) is 8. The van der Waals surface area contributed by atoms with E-state index in [0.717, 1.165) is 12.1 Å². The van der Waals surface area contributed by atoms with E-state index in [9.17, 15) is 102 Å². The fourth-order valence-electron chi connectivity index (χ4n) is 8.54. The first kappa shape index (κ1) is 83.1. The molecule has 104 heavy (non-hydrogen) atoms. The molecular weight excluding hydrogens is 1510 g/mol. The summed E-state index contributed by atoms with van der Waals surface area (Å²) in [6.07, 6.45) is -0.988. The zero-order valence-electron chi connectivity index (χ0n) is 55.1. The van der Waals surface area contributed by atoms with Crippen LogP contribution in [0, 0.1) is 27.7 Å². The van der Waals surface area contributed by atoms with Gasteiger partial charge < -0.3 is 49.3 Å². The number of carboxylic acids is 2. The summed E-state index contributed by atoms with van der Waals surface area (Å²) >= 11 is 0. The zero-order chi connectivity index (χ0) is 77.0. The van der Waals surface area contributed by atoms with Gasteiger partial charge in [0.05, 0.1) is 94.7 Å². The molecule has 45 heteroatoms. The summed E-state index contributed by atoms with van der Waals surface area (Å²) in [4.78, 5) is 37.6. The van der Waals surface area contributed by atoms with Crippen LogP contribution in [0.5, 0.6) is 34.5 Å². The Bertz CT molecular complexity index is 4730. The van der Waals surface area contributed by atoms with Crippen molar-refractivity contribution >= 4 is 136 Å². The van der Waals surface area contributed by atoms with Gasteiger partial charge >= 0.3 is 18.0 Å². The first-order valence-electron chi connectivity index (χ1n) is 30.0. The number of carbonyl (C=O) groups is 3. The predicted molar refractivity (Wildman–Crippen MR) is 371 cm³/mol. The van der Waals surface area contributed by atoms with Crippen molar-refractivity contribution in [3.05, 3.63) is 118 Å². The van der Waals surface area contributed by atoms with Crippen molar-refractivity contribution in [3.63, 3.8) is 0 Å². The van der Waals surface area contributed by atoms with Gasteiger partial charge in [-0.15, -0.1) is 20.5 Å². The minimum atomic E-state index is -4.49. The molecule has 0 radical (unpaired) electrons. The lowest BCUT2D eigenvalue weighted by Crippen LogP contribution is -2.21. The number of amides is 2. The monoisotopic (exact) mass is 1570 g/mol. The van der Waals surface area contributed by atoms with E-state index < -0.39 is 126 Å². The first-order chi connectivity index (χ1) is 48.5. The van der Waals surface area contributed by atoms with E-state index in [1.54, 1.807) is 27.7 Å². The quantitative estimate of drug-likeness (QED) is 0.00970. The van der Waals surface area contributed by atoms with Crippen LogP contribution in [-0.4, -0.2) is 180 Å². The van der Waals surface area contributed by atoms with E-state index >= 15 is 0 Å². The van der Waals surface area contributed by atoms with E-state index in [4.69, 9.17) is 28.4 Å². The van der Waals surface area contributed by atoms with Crippen LogP contribution in [0.25, 0.3) is 0 Å². The molecule has 2 amide bonds. The first-order valence-corrected chi connectivity index (χ1v) is 39.7. The van der Waals surface area contributed by atoms with Gasteiger partial charge in [-0.2, -0.15) is 71.0 Å². The van der Waals surface area contributed by atoms with Gasteiger partial charge in [0.1, 0.15) is 82.0 Å². The molecule has 0 atom stereocenters. The molecule has 39 nitrogen and oxygen atoms in total. The lowest BCUT2D eigenvalue weighted by Gasteiger charge is -2.17. The van der Waals surface area contributed by atoms with E-state index in [0.29, 0.717) is 22.3 Å². The minimum absolute atomic E-state index is 0.00662. The highest BCUT2D eigenvalue weighted by atomic mass is 32.2. The van der Waals surface area contributed by atoms with E-state index in [-0.39, 0.29) is 155 Å². The number of carboxylic acid groups (broad SMARTS) is 2. The Morgan fingerprint density at radius 2 is 0.548 bits per heavy atom. The summed E-state index contributed by atoms with van der Waals surface area (Å²) in [5.74, 6) is -8.22. The average Bonchev–Trinajstić information content (AvgIpc) is 0.821. The third kappa shape index (κ3) is 29.1. The molecule has 0 spiro atoms. The van der Waals surface area contributed by atoms with Crippen LogP contribution in [0.3, 0.4) is 0 Å². The van der Waals surface area contributed by atoms with Gasteiger partial charge in [-0.3, -0.25) is 27.3 Å². The molecule has 0 bridgehead atoms. The maximum Gasteiger partial charge on any atom is 0.335 e. The standard InChI is InChI=1S/C59H68N10O29S6/c1-35-25-47(53(93-13-5-19-99(75,76)77)31-43(35)66-68-49-27-37(3)45(33-55(49)95-15-7-21-101(81,82)83)64-62-41-11-9-39(57(70)71)29-51(41)97-17-23-103(87,88)89)60-59(74)61-48-26-36(2)44(32-54(48)94-14-6-20-100(78,79)80)67-69-50-28-38(4)46(34-56(50)96-16-8-22-102(84,85)86)65-63-42-12-10-40(58(72)73)30-52(42)98-18-24-104(90,91)92/h9-12,25-34H,5-8,13-24H2,1-4H3,(H,70,71)(H,72,73)(H2,60,61,74)(H,75,76,77)(H,78,79,80)(H,81,82,83)(H,84,85,86)(H,87,88,89)(H,90,91,92)/b64-62+,65-63?,68-66?,69-67?. The number of aryl methyl sites for hydroxylation is 4. The maximum absolute atomic E-state index is 14.2. The van der Waals surface area contributed by atoms with Gasteiger partial charge in [0, 0.05) is 24.3 Å². The van der Waals surface area contributed by atoms with Crippen molar-refractivity contribution in [3.8, 4) is 34.5 Å². The maximum atomic E-state index is 14.2. The number of benzene rings is 6. The largest absolute Gasteiger partial charge is 0.491 e. The molecule has 0 aliphatic rings. The molecule has 0 aliphatic heterocycles. The number of ether oxygens (including phenoxy) is 6. The van der Waals surface area contributed by atoms with Crippen molar-refractivity contribution in [1.82, 2.24) is 0 Å². The molecule has 0 fully saturated rings. The second kappa shape index (κ2) is 36.6. The molecule has 564 valence electrons. The number of hydrogen-bond acceptors (Lipinski definition) is 29. The van der Waals surface area contributed by atoms with Crippen LogP contribution in [0.15, 0.2) is 126 Å². The molecule has 6 rings (SSSR count). The number of carbonyl (C=O) groups excluding carboxylic acids is 1. The molecule has 0 saturated heterocycles. The van der Waals surface area contributed by atoms with Gasteiger partial charge in [-0.1, -0.05) is 0 Å². The van der Waals surface area contributed by atoms with Crippen LogP contribution in [0.4, 0.5) is 61.7 Å². The summed E-state index contributed by atoms with van der Waals surface area (Å²) in [6.45, 7) is 3.60. The molecule has 0 aromatic heterocycles. The molecule has 0 saturated carbocycles. The number of aromatic carboxylic acids is 2. The minimum Gasteiger partial charge on any atom is -0.491 e. The number of urea groups is 1. The van der Waals surface area contributed by atoms with Crippen LogP contribution in [0.2, 0.25) is 0 Å². The van der Waals surface area contributed by atoms with Gasteiger partial charge in [-0.25, -0.2) is 14.4 Å². The van der Waals surface area contributed by atoms with Crippen LogP contribution < -0.4 is 39.1 Å². The number of rotatable bonds is 40. The Labute approximate surface area is 595 Å². The van der Waals surface area contributed by atoms with Gasteiger partial charge in [0.2, 0.25) is 0 Å². The SMILES string of the molecule is Cc1cc(NC(=O)Nc2cc(C)c(N=Nc3cc(C)c(/N=N/c4ccc(C(=O)O)cc4OCCS(=O)(=O)O)cc3OCCCS(=O)(=O)O)cc2OCCCS(=O)(=O)O)c(OCCCS(=O)(=O)O)cc1N=Nc1cc(C)c(N=Nc2ccc(C(=O)O)cc2OCCS(=O)(=O)O)cc1OCCCS(=O)(=O)O. The number of hydrogen-bond donors (Lipinski definition) is 10. The smallest absolute Gasteiger partial charge is 0.335 e. The molecule has 0 aliphatic carbocycles. The Kier molecular flexibility index (Phi) is 29.2. The number of azo groups is 4. The lowest BCUT2D eigenvalue weighted by molar-refractivity contribution is 0.0685. The summed E-state index contributed by atoms with van der Waals surface area (Å²) < 4.78 is 229. The number of nitrogens with one attached hydrogen (secondary N) is 2. The molecule has 0 heterocycles. The third-order valence-electron chi connectivity index (χ3n) is 13.5. The van der Waals surface area contributed by atoms with Crippen LogP contribution >= 0.6 is 0 Å². The van der Waals surface area contributed by atoms with Crippen LogP contribution in [-0.2, 0) is 60.7 Å². The number of anilines is 2. The van der Waals surface area contributed by atoms with Crippen molar-refractivity contribution in [1.29, 1.82) is 0 Å². The topological polar surface area (TPSA) is 596 Å². The third-order valence-corrected chi connectivity index (χ3v) is 18.1. The summed E-state index contributed by atoms with van der Waals surface area (Å²) in [6, 6.07) is 16.7. The Morgan fingerprint density at radius 3 is 0.837 bits per heavy atom. The van der Waals surface area contributed by atoms with E-state index in [1.165, 1.54) is 72.8 Å². The second-order valence-electron chi connectivity index (χ2n) is 22.1. The summed E-state index contributed by atoms with van der Waals surface area (Å²) in [7, 11) is -26.8. The highest BCUT2D eigenvalue weighted by molar-refractivity contribution is 7.87. The Morgan fingerprint density at radius 1 is 0.308 bits per heavy atom. The van der Waals surface area contributed by atoms with Gasteiger partial charge in [-0.05, 0) is 136 Å². The summed E-state index contributed by atoms with van der Waals surface area (Å²) in [5, 5.41) is 58.6.